The van der Waals surface area contributed by atoms with Crippen LogP contribution in [0.5, 0.6) is 0 Å². The molecule has 0 radical (unpaired) electrons. The minimum atomic E-state index is -0.176. The van der Waals surface area contributed by atoms with Gasteiger partial charge in [0.25, 0.3) is 0 Å². The third-order valence-electron chi connectivity index (χ3n) is 1.92. The van der Waals surface area contributed by atoms with Crippen LogP contribution in [0.25, 0.3) is 6.08 Å². The molecule has 1 aromatic rings. The number of fused-ring (bicyclic) bond motifs is 1. The highest BCUT2D eigenvalue weighted by Crippen LogP contribution is 2.27. The maximum absolute atomic E-state index is 11.4. The van der Waals surface area contributed by atoms with Crippen molar-refractivity contribution in [3.05, 3.63) is 39.4 Å². The molecule has 0 saturated carbocycles. The van der Waals surface area contributed by atoms with Crippen LogP contribution >= 0.6 is 15.9 Å². The summed E-state index contributed by atoms with van der Waals surface area (Å²) < 4.78 is 0.912. The number of ketones is 1. The van der Waals surface area contributed by atoms with E-state index in [0.29, 0.717) is 5.56 Å². The molecule has 62 valence electrons. The van der Waals surface area contributed by atoms with Crippen LogP contribution in [0.15, 0.2) is 28.2 Å². The van der Waals surface area contributed by atoms with Gasteiger partial charge < -0.3 is 0 Å². The highest BCUT2D eigenvalue weighted by atomic mass is 79.9. The van der Waals surface area contributed by atoms with Crippen LogP contribution in [0.4, 0.5) is 0 Å². The average molecular weight is 234 g/mol. The van der Waals surface area contributed by atoms with Gasteiger partial charge in [-0.25, -0.2) is 0 Å². The SMILES string of the molecule is N#CC1=Cc2cc(Br)ccc2C1=O. The van der Waals surface area contributed by atoms with E-state index >= 15 is 0 Å². The van der Waals surface area contributed by atoms with E-state index < -0.39 is 0 Å². The predicted octanol–water partition coefficient (Wildman–Crippen LogP) is 2.55. The molecule has 0 N–H and O–H groups in total. The molecule has 2 nitrogen and oxygen atoms in total. The van der Waals surface area contributed by atoms with Crippen molar-refractivity contribution >= 4 is 27.8 Å². The largest absolute Gasteiger partial charge is 0.288 e. The second-order valence-corrected chi connectivity index (χ2v) is 3.65. The highest BCUT2D eigenvalue weighted by molar-refractivity contribution is 9.10. The van der Waals surface area contributed by atoms with E-state index in [9.17, 15) is 4.79 Å². The maximum Gasteiger partial charge on any atom is 0.204 e. The zero-order valence-electron chi connectivity index (χ0n) is 6.54. The molecule has 0 heterocycles. The summed E-state index contributed by atoms with van der Waals surface area (Å²) in [6.45, 7) is 0. The molecule has 13 heavy (non-hydrogen) atoms. The van der Waals surface area contributed by atoms with Crippen molar-refractivity contribution in [2.45, 2.75) is 0 Å². The minimum Gasteiger partial charge on any atom is -0.288 e. The molecule has 0 atom stereocenters. The van der Waals surface area contributed by atoms with Gasteiger partial charge in [0.05, 0.1) is 0 Å². The highest BCUT2D eigenvalue weighted by Gasteiger charge is 2.21. The van der Waals surface area contributed by atoms with Gasteiger partial charge in [0, 0.05) is 10.0 Å². The Morgan fingerprint density at radius 3 is 2.85 bits per heavy atom. The Labute approximate surface area is 83.6 Å². The van der Waals surface area contributed by atoms with E-state index in [0.717, 1.165) is 10.0 Å². The summed E-state index contributed by atoms with van der Waals surface area (Å²) in [6.07, 6.45) is 1.61. The number of hydrogen-bond donors (Lipinski definition) is 0. The molecule has 1 aliphatic rings. The molecule has 1 aromatic carbocycles. The fraction of sp³-hybridized carbons (Fsp3) is 0. The summed E-state index contributed by atoms with van der Waals surface area (Å²) in [6, 6.07) is 7.23. The fourth-order valence-corrected chi connectivity index (χ4v) is 1.69. The number of hydrogen-bond acceptors (Lipinski definition) is 2. The molecular formula is C10H4BrNO. The Kier molecular flexibility index (Phi) is 1.78. The zero-order chi connectivity index (χ0) is 9.42. The predicted molar refractivity (Wildman–Crippen MR) is 52.1 cm³/mol. The normalized spacial score (nSPS) is 13.5. The Morgan fingerprint density at radius 1 is 1.38 bits per heavy atom. The minimum absolute atomic E-state index is 0.176. The van der Waals surface area contributed by atoms with Crippen LogP contribution in [-0.4, -0.2) is 5.78 Å². The van der Waals surface area contributed by atoms with Crippen molar-refractivity contribution in [1.29, 1.82) is 5.26 Å². The number of Topliss-reactive ketones (excluding diaryl/α,β-unsaturated/α-hetero) is 1. The van der Waals surface area contributed by atoms with Crippen LogP contribution in [0.2, 0.25) is 0 Å². The molecular weight excluding hydrogens is 230 g/mol. The first-order valence-corrected chi connectivity index (χ1v) is 4.48. The Hall–Kier alpha value is -1.40. The second-order valence-electron chi connectivity index (χ2n) is 2.73. The van der Waals surface area contributed by atoms with Crippen molar-refractivity contribution in [1.82, 2.24) is 0 Å². The first-order chi connectivity index (χ1) is 6.22. The van der Waals surface area contributed by atoms with Gasteiger partial charge in [0.15, 0.2) is 0 Å². The molecule has 2 rings (SSSR count). The number of carbonyl (C=O) groups excluding carboxylic acids is 1. The summed E-state index contributed by atoms with van der Waals surface area (Å²) in [7, 11) is 0. The summed E-state index contributed by atoms with van der Waals surface area (Å²) in [5.41, 5.74) is 1.64. The van der Waals surface area contributed by atoms with Gasteiger partial charge in [-0.1, -0.05) is 15.9 Å². The van der Waals surface area contributed by atoms with Gasteiger partial charge >= 0.3 is 0 Å². The van der Waals surface area contributed by atoms with Crippen LogP contribution in [-0.2, 0) is 0 Å². The molecule has 0 saturated heterocycles. The standard InChI is InChI=1S/C10H4BrNO/c11-8-1-2-9-6(4-8)3-7(5-12)10(9)13/h1-4H. The van der Waals surface area contributed by atoms with Crippen LogP contribution in [0, 0.1) is 11.3 Å². The smallest absolute Gasteiger partial charge is 0.204 e. The third-order valence-corrected chi connectivity index (χ3v) is 2.42. The molecule has 0 spiro atoms. The lowest BCUT2D eigenvalue weighted by Crippen LogP contribution is -1.95. The number of halogens is 1. The van der Waals surface area contributed by atoms with Crippen molar-refractivity contribution in [3.63, 3.8) is 0 Å². The van der Waals surface area contributed by atoms with E-state index in [2.05, 4.69) is 15.9 Å². The zero-order valence-corrected chi connectivity index (χ0v) is 8.13. The molecule has 3 heteroatoms. The lowest BCUT2D eigenvalue weighted by atomic mass is 10.1. The third kappa shape index (κ3) is 1.20. The van der Waals surface area contributed by atoms with Crippen LogP contribution in [0.3, 0.4) is 0 Å². The average Bonchev–Trinajstić information content (AvgIpc) is 2.42. The molecule has 0 aliphatic heterocycles. The first-order valence-electron chi connectivity index (χ1n) is 3.68. The monoisotopic (exact) mass is 233 g/mol. The van der Waals surface area contributed by atoms with Gasteiger partial charge in [-0.05, 0) is 29.8 Å². The molecule has 0 bridgehead atoms. The van der Waals surface area contributed by atoms with Crippen molar-refractivity contribution < 1.29 is 4.79 Å². The first kappa shape index (κ1) is 8.21. The van der Waals surface area contributed by atoms with E-state index in [4.69, 9.17) is 5.26 Å². The number of carbonyl (C=O) groups is 1. The topological polar surface area (TPSA) is 40.9 Å². The Bertz CT molecular complexity index is 468. The maximum atomic E-state index is 11.4. The number of rotatable bonds is 0. The molecule has 1 aliphatic carbocycles. The number of allylic oxidation sites excluding steroid dienone is 1. The fourth-order valence-electron chi connectivity index (χ4n) is 1.31. The molecule has 0 aromatic heterocycles. The Balaban J connectivity index is 2.63. The second kappa shape index (κ2) is 2.82. The lowest BCUT2D eigenvalue weighted by Gasteiger charge is -1.95. The van der Waals surface area contributed by atoms with Gasteiger partial charge in [-0.2, -0.15) is 5.26 Å². The summed E-state index contributed by atoms with van der Waals surface area (Å²) in [5, 5.41) is 8.63. The van der Waals surface area contributed by atoms with Gasteiger partial charge in [-0.3, -0.25) is 4.79 Å². The van der Waals surface area contributed by atoms with Crippen molar-refractivity contribution in [3.8, 4) is 6.07 Å². The van der Waals surface area contributed by atoms with E-state index in [1.165, 1.54) is 0 Å². The molecule has 0 amide bonds. The molecule has 0 fully saturated rings. The van der Waals surface area contributed by atoms with Crippen LogP contribution < -0.4 is 0 Å². The van der Waals surface area contributed by atoms with E-state index in [-0.39, 0.29) is 11.4 Å². The number of benzene rings is 1. The van der Waals surface area contributed by atoms with Gasteiger partial charge in [0.2, 0.25) is 5.78 Å². The van der Waals surface area contributed by atoms with Crippen molar-refractivity contribution in [2.24, 2.45) is 0 Å². The quantitative estimate of drug-likeness (QED) is 0.692. The lowest BCUT2D eigenvalue weighted by molar-refractivity contribution is 0.104. The Morgan fingerprint density at radius 2 is 2.15 bits per heavy atom. The van der Waals surface area contributed by atoms with Gasteiger partial charge in [-0.15, -0.1) is 0 Å². The van der Waals surface area contributed by atoms with Crippen molar-refractivity contribution in [2.75, 3.05) is 0 Å². The molecule has 0 unspecified atom stereocenters. The summed E-state index contributed by atoms with van der Waals surface area (Å²) in [4.78, 5) is 11.4. The van der Waals surface area contributed by atoms with E-state index in [1.54, 1.807) is 18.2 Å². The van der Waals surface area contributed by atoms with E-state index in [1.807, 2.05) is 12.1 Å². The number of nitrogens with zero attached hydrogens (tertiary/aromatic N) is 1. The summed E-state index contributed by atoms with van der Waals surface area (Å²) >= 11 is 3.30. The summed E-state index contributed by atoms with van der Waals surface area (Å²) in [5.74, 6) is -0.176. The number of nitriles is 1. The van der Waals surface area contributed by atoms with Crippen LogP contribution in [0.1, 0.15) is 15.9 Å². The van der Waals surface area contributed by atoms with Gasteiger partial charge in [0.1, 0.15) is 11.6 Å².